The first-order valence-electron chi connectivity index (χ1n) is 7.75. The van der Waals surface area contributed by atoms with E-state index in [1.54, 1.807) is 0 Å². The second kappa shape index (κ2) is 6.59. The van der Waals surface area contributed by atoms with Gasteiger partial charge in [-0.15, -0.1) is 0 Å². The molecule has 1 saturated carbocycles. The van der Waals surface area contributed by atoms with Gasteiger partial charge < -0.3 is 16.0 Å². The van der Waals surface area contributed by atoms with Gasteiger partial charge in [-0.05, 0) is 44.5 Å². The minimum absolute atomic E-state index is 0.307. The monoisotopic (exact) mass is 275 g/mol. The van der Waals surface area contributed by atoms with Crippen LogP contribution in [0, 0.1) is 5.92 Å². The highest BCUT2D eigenvalue weighted by Gasteiger charge is 2.36. The highest BCUT2D eigenvalue weighted by Crippen LogP contribution is 2.35. The molecule has 3 heteroatoms. The molecular weight excluding hydrogens is 246 g/mol. The summed E-state index contributed by atoms with van der Waals surface area (Å²) in [5.74, 6) is 0.828. The molecule has 1 aliphatic carbocycles. The molecule has 0 spiro atoms. The Morgan fingerprint density at radius 1 is 1.35 bits per heavy atom. The number of nitrogen functional groups attached to an aromatic ring is 1. The average molecular weight is 275 g/mol. The van der Waals surface area contributed by atoms with E-state index in [-0.39, 0.29) is 0 Å². The normalized spacial score (nSPS) is 26.9. The van der Waals surface area contributed by atoms with Crippen LogP contribution in [0.1, 0.15) is 38.2 Å². The van der Waals surface area contributed by atoms with E-state index in [9.17, 15) is 0 Å². The van der Waals surface area contributed by atoms with E-state index in [0.717, 1.165) is 24.7 Å². The maximum absolute atomic E-state index is 6.00. The maximum Gasteiger partial charge on any atom is 0.0359 e. The van der Waals surface area contributed by atoms with Gasteiger partial charge in [-0.2, -0.15) is 0 Å². The standard InChI is InChI=1S/C17H29N3/c1-14-7-6-10-17(11-14,20(2)3)13-19-12-15-8-4-5-9-16(15)18/h4-5,8-9,14,19H,6-7,10-13,18H2,1-3H3. The fourth-order valence-corrected chi connectivity index (χ4v) is 3.48. The lowest BCUT2D eigenvalue weighted by atomic mass is 9.75. The summed E-state index contributed by atoms with van der Waals surface area (Å²) in [4.78, 5) is 2.42. The molecule has 0 aromatic heterocycles. The lowest BCUT2D eigenvalue weighted by molar-refractivity contribution is 0.0750. The minimum atomic E-state index is 0.307. The third-order valence-corrected chi connectivity index (χ3v) is 4.84. The SMILES string of the molecule is CC1CCCC(CNCc2ccccc2N)(N(C)C)C1. The van der Waals surface area contributed by atoms with Crippen LogP contribution in [-0.2, 0) is 6.54 Å². The summed E-state index contributed by atoms with van der Waals surface area (Å²) in [5.41, 5.74) is 8.40. The fourth-order valence-electron chi connectivity index (χ4n) is 3.48. The molecule has 3 N–H and O–H groups in total. The van der Waals surface area contributed by atoms with E-state index < -0.39 is 0 Å². The Kier molecular flexibility index (Phi) is 5.06. The number of anilines is 1. The second-order valence-electron chi connectivity index (χ2n) is 6.62. The molecular formula is C17H29N3. The Labute approximate surface area is 123 Å². The first-order valence-corrected chi connectivity index (χ1v) is 7.75. The van der Waals surface area contributed by atoms with Crippen LogP contribution in [0.4, 0.5) is 5.69 Å². The number of hydrogen-bond donors (Lipinski definition) is 2. The Morgan fingerprint density at radius 3 is 2.75 bits per heavy atom. The van der Waals surface area contributed by atoms with E-state index >= 15 is 0 Å². The summed E-state index contributed by atoms with van der Waals surface area (Å²) in [6.45, 7) is 4.28. The molecule has 0 bridgehead atoms. The highest BCUT2D eigenvalue weighted by atomic mass is 15.2. The second-order valence-corrected chi connectivity index (χ2v) is 6.62. The lowest BCUT2D eigenvalue weighted by Crippen LogP contribution is -2.54. The predicted molar refractivity (Wildman–Crippen MR) is 86.6 cm³/mol. The summed E-state index contributed by atoms with van der Waals surface area (Å²) < 4.78 is 0. The van der Waals surface area contributed by atoms with Gasteiger partial charge in [0.05, 0.1) is 0 Å². The van der Waals surface area contributed by atoms with Crippen LogP contribution in [0.25, 0.3) is 0 Å². The van der Waals surface area contributed by atoms with Crippen molar-refractivity contribution in [3.05, 3.63) is 29.8 Å². The van der Waals surface area contributed by atoms with Gasteiger partial charge in [0.25, 0.3) is 0 Å². The van der Waals surface area contributed by atoms with Gasteiger partial charge in [0.1, 0.15) is 0 Å². The van der Waals surface area contributed by atoms with Gasteiger partial charge in [0.2, 0.25) is 0 Å². The molecule has 2 atom stereocenters. The fraction of sp³-hybridized carbons (Fsp3) is 0.647. The van der Waals surface area contributed by atoms with Gasteiger partial charge >= 0.3 is 0 Å². The van der Waals surface area contributed by atoms with E-state index in [1.165, 1.54) is 31.2 Å². The largest absolute Gasteiger partial charge is 0.398 e. The van der Waals surface area contributed by atoms with Crippen LogP contribution in [0.5, 0.6) is 0 Å². The molecule has 1 aromatic carbocycles. The number of para-hydroxylation sites is 1. The number of hydrogen-bond acceptors (Lipinski definition) is 3. The zero-order chi connectivity index (χ0) is 14.6. The predicted octanol–water partition coefficient (Wildman–Crippen LogP) is 2.87. The first-order chi connectivity index (χ1) is 9.53. The van der Waals surface area contributed by atoms with Crippen molar-refractivity contribution in [3.63, 3.8) is 0 Å². The molecule has 1 fully saturated rings. The van der Waals surface area contributed by atoms with Crippen molar-refractivity contribution in [3.8, 4) is 0 Å². The van der Waals surface area contributed by atoms with Crippen LogP contribution in [0.2, 0.25) is 0 Å². The number of nitrogens with two attached hydrogens (primary N) is 1. The molecule has 3 nitrogen and oxygen atoms in total. The molecule has 1 aliphatic rings. The van der Waals surface area contributed by atoms with Crippen LogP contribution in [0.3, 0.4) is 0 Å². The third kappa shape index (κ3) is 3.53. The Bertz CT molecular complexity index is 430. The maximum atomic E-state index is 6.00. The molecule has 2 rings (SSSR count). The van der Waals surface area contributed by atoms with Crippen LogP contribution < -0.4 is 11.1 Å². The molecule has 0 aliphatic heterocycles. The van der Waals surface area contributed by atoms with E-state index in [0.29, 0.717) is 5.54 Å². The van der Waals surface area contributed by atoms with Gasteiger partial charge in [0, 0.05) is 24.3 Å². The molecule has 20 heavy (non-hydrogen) atoms. The lowest BCUT2D eigenvalue weighted by Gasteiger charge is -2.45. The minimum Gasteiger partial charge on any atom is -0.398 e. The summed E-state index contributed by atoms with van der Waals surface area (Å²) in [5, 5.41) is 3.63. The number of rotatable bonds is 5. The average Bonchev–Trinajstić information content (AvgIpc) is 2.41. The van der Waals surface area contributed by atoms with E-state index in [4.69, 9.17) is 5.73 Å². The summed E-state index contributed by atoms with van der Waals surface area (Å²) in [7, 11) is 4.44. The quantitative estimate of drug-likeness (QED) is 0.812. The zero-order valence-corrected chi connectivity index (χ0v) is 13.2. The molecule has 1 aromatic rings. The van der Waals surface area contributed by atoms with Crippen molar-refractivity contribution >= 4 is 5.69 Å². The number of likely N-dealkylation sites (N-methyl/N-ethyl adjacent to an activating group) is 1. The van der Waals surface area contributed by atoms with Gasteiger partial charge in [-0.3, -0.25) is 0 Å². The van der Waals surface area contributed by atoms with Crippen molar-refractivity contribution in [2.24, 2.45) is 5.92 Å². The Balaban J connectivity index is 1.95. The van der Waals surface area contributed by atoms with Gasteiger partial charge in [0.15, 0.2) is 0 Å². The van der Waals surface area contributed by atoms with Crippen molar-refractivity contribution < 1.29 is 0 Å². The molecule has 112 valence electrons. The van der Waals surface area contributed by atoms with Crippen molar-refractivity contribution in [2.75, 3.05) is 26.4 Å². The zero-order valence-electron chi connectivity index (χ0n) is 13.2. The molecule has 0 radical (unpaired) electrons. The molecule has 0 amide bonds. The Morgan fingerprint density at radius 2 is 2.10 bits per heavy atom. The number of nitrogens with zero attached hydrogens (tertiary/aromatic N) is 1. The highest BCUT2D eigenvalue weighted by molar-refractivity contribution is 5.46. The van der Waals surface area contributed by atoms with Crippen molar-refractivity contribution in [2.45, 2.75) is 44.7 Å². The number of nitrogens with one attached hydrogen (secondary N) is 1. The van der Waals surface area contributed by atoms with E-state index in [2.05, 4.69) is 43.4 Å². The summed E-state index contributed by atoms with van der Waals surface area (Å²) >= 11 is 0. The van der Waals surface area contributed by atoms with E-state index in [1.807, 2.05) is 12.1 Å². The van der Waals surface area contributed by atoms with Crippen molar-refractivity contribution in [1.82, 2.24) is 10.2 Å². The topological polar surface area (TPSA) is 41.3 Å². The van der Waals surface area contributed by atoms with Gasteiger partial charge in [-0.1, -0.05) is 38.0 Å². The smallest absolute Gasteiger partial charge is 0.0359 e. The summed E-state index contributed by atoms with van der Waals surface area (Å²) in [6, 6.07) is 8.12. The Hall–Kier alpha value is -1.06. The van der Waals surface area contributed by atoms with Crippen LogP contribution in [0.15, 0.2) is 24.3 Å². The molecule has 2 unspecified atom stereocenters. The third-order valence-electron chi connectivity index (χ3n) is 4.84. The summed E-state index contributed by atoms with van der Waals surface area (Å²) in [6.07, 6.45) is 5.30. The molecule has 0 saturated heterocycles. The van der Waals surface area contributed by atoms with Crippen LogP contribution in [-0.4, -0.2) is 31.1 Å². The van der Waals surface area contributed by atoms with Crippen molar-refractivity contribution in [1.29, 1.82) is 0 Å². The van der Waals surface area contributed by atoms with Crippen LogP contribution >= 0.6 is 0 Å². The first kappa shape index (κ1) is 15.3. The van der Waals surface area contributed by atoms with Gasteiger partial charge in [-0.25, -0.2) is 0 Å². The number of benzene rings is 1. The molecule has 0 heterocycles.